The second-order valence-corrected chi connectivity index (χ2v) is 9.63. The average molecular weight is 446 g/mol. The molecule has 1 atom stereocenters. The van der Waals surface area contributed by atoms with Gasteiger partial charge in [-0.25, -0.2) is 0 Å². The molecule has 1 aliphatic rings. The predicted octanol–water partition coefficient (Wildman–Crippen LogP) is 5.42. The zero-order valence-corrected chi connectivity index (χ0v) is 19.5. The SMILES string of the molecule is CC(C)(C)c1ccc(N(C(=O)c2ccco2)[C@@H](C(=O)NC2CCCC2)c2cccnc2)cc1. The minimum atomic E-state index is -0.877. The van der Waals surface area contributed by atoms with Crippen LogP contribution in [-0.4, -0.2) is 22.8 Å². The van der Waals surface area contributed by atoms with Gasteiger partial charge in [0, 0.05) is 29.7 Å². The van der Waals surface area contributed by atoms with Gasteiger partial charge in [0.15, 0.2) is 5.76 Å². The van der Waals surface area contributed by atoms with E-state index in [1.165, 1.54) is 11.2 Å². The van der Waals surface area contributed by atoms with E-state index >= 15 is 0 Å². The number of furan rings is 1. The van der Waals surface area contributed by atoms with Gasteiger partial charge in [-0.2, -0.15) is 0 Å². The molecule has 1 aliphatic carbocycles. The molecule has 2 heterocycles. The van der Waals surface area contributed by atoms with Crippen LogP contribution in [-0.2, 0) is 10.2 Å². The number of rotatable bonds is 6. The maximum Gasteiger partial charge on any atom is 0.294 e. The van der Waals surface area contributed by atoms with Gasteiger partial charge in [-0.3, -0.25) is 19.5 Å². The number of pyridine rings is 1. The molecule has 2 aromatic heterocycles. The van der Waals surface area contributed by atoms with Crippen molar-refractivity contribution in [3.05, 3.63) is 84.1 Å². The second kappa shape index (κ2) is 9.61. The van der Waals surface area contributed by atoms with Crippen molar-refractivity contribution < 1.29 is 14.0 Å². The molecule has 3 aromatic rings. The summed E-state index contributed by atoms with van der Waals surface area (Å²) < 4.78 is 5.44. The van der Waals surface area contributed by atoms with Gasteiger partial charge < -0.3 is 9.73 Å². The molecule has 0 bridgehead atoms. The topological polar surface area (TPSA) is 75.4 Å². The number of benzene rings is 1. The Kier molecular flexibility index (Phi) is 6.63. The lowest BCUT2D eigenvalue weighted by Gasteiger charge is -2.32. The van der Waals surface area contributed by atoms with Crippen LogP contribution < -0.4 is 10.2 Å². The van der Waals surface area contributed by atoms with Crippen molar-refractivity contribution in [3.63, 3.8) is 0 Å². The number of nitrogens with zero attached hydrogens (tertiary/aromatic N) is 2. The van der Waals surface area contributed by atoms with Crippen molar-refractivity contribution in [2.75, 3.05) is 4.90 Å². The summed E-state index contributed by atoms with van der Waals surface area (Å²) in [6.45, 7) is 6.42. The number of carbonyl (C=O) groups excluding carboxylic acids is 2. The highest BCUT2D eigenvalue weighted by atomic mass is 16.3. The van der Waals surface area contributed by atoms with Gasteiger partial charge in [0.2, 0.25) is 5.91 Å². The van der Waals surface area contributed by atoms with E-state index in [0.717, 1.165) is 31.2 Å². The van der Waals surface area contributed by atoms with Crippen molar-refractivity contribution in [1.29, 1.82) is 0 Å². The lowest BCUT2D eigenvalue weighted by Crippen LogP contribution is -2.46. The summed E-state index contributed by atoms with van der Waals surface area (Å²) in [5.41, 5.74) is 2.38. The number of hydrogen-bond donors (Lipinski definition) is 1. The molecule has 0 aliphatic heterocycles. The van der Waals surface area contributed by atoms with Gasteiger partial charge in [-0.1, -0.05) is 51.8 Å². The van der Waals surface area contributed by atoms with Gasteiger partial charge in [0.25, 0.3) is 5.91 Å². The van der Waals surface area contributed by atoms with E-state index in [4.69, 9.17) is 4.42 Å². The summed E-state index contributed by atoms with van der Waals surface area (Å²) >= 11 is 0. The first kappa shape index (κ1) is 22.8. The fourth-order valence-electron chi connectivity index (χ4n) is 4.33. The molecular weight excluding hydrogens is 414 g/mol. The lowest BCUT2D eigenvalue weighted by atomic mass is 9.87. The lowest BCUT2D eigenvalue weighted by molar-refractivity contribution is -0.123. The van der Waals surface area contributed by atoms with E-state index in [0.29, 0.717) is 11.3 Å². The minimum absolute atomic E-state index is 0.0308. The second-order valence-electron chi connectivity index (χ2n) is 9.63. The van der Waals surface area contributed by atoms with Crippen molar-refractivity contribution in [1.82, 2.24) is 10.3 Å². The highest BCUT2D eigenvalue weighted by molar-refractivity contribution is 6.08. The van der Waals surface area contributed by atoms with Gasteiger partial charge in [-0.05, 0) is 54.2 Å². The van der Waals surface area contributed by atoms with Crippen LogP contribution >= 0.6 is 0 Å². The number of carbonyl (C=O) groups is 2. The number of anilines is 1. The summed E-state index contributed by atoms with van der Waals surface area (Å²) in [7, 11) is 0. The van der Waals surface area contributed by atoms with Gasteiger partial charge >= 0.3 is 0 Å². The number of aromatic nitrogens is 1. The summed E-state index contributed by atoms with van der Waals surface area (Å²) in [4.78, 5) is 33.1. The quantitative estimate of drug-likeness (QED) is 0.550. The monoisotopic (exact) mass is 445 g/mol. The van der Waals surface area contributed by atoms with Crippen molar-refractivity contribution in [3.8, 4) is 0 Å². The van der Waals surface area contributed by atoms with Crippen LogP contribution in [0, 0.1) is 0 Å². The van der Waals surface area contributed by atoms with E-state index in [1.807, 2.05) is 30.3 Å². The van der Waals surface area contributed by atoms with Crippen molar-refractivity contribution in [2.45, 2.75) is 64.0 Å². The van der Waals surface area contributed by atoms with E-state index in [2.05, 4.69) is 31.1 Å². The number of amides is 2. The van der Waals surface area contributed by atoms with Crippen LogP contribution in [0.3, 0.4) is 0 Å². The molecule has 2 amide bonds. The van der Waals surface area contributed by atoms with E-state index < -0.39 is 6.04 Å². The molecule has 0 spiro atoms. The Bertz CT molecular complexity index is 1060. The van der Waals surface area contributed by atoms with Crippen LogP contribution in [0.25, 0.3) is 0 Å². The Morgan fingerprint density at radius 2 is 1.79 bits per heavy atom. The molecule has 6 nitrogen and oxygen atoms in total. The van der Waals surface area contributed by atoms with Gasteiger partial charge in [0.1, 0.15) is 6.04 Å². The van der Waals surface area contributed by atoms with Crippen LogP contribution in [0.2, 0.25) is 0 Å². The molecular formula is C27H31N3O3. The van der Waals surface area contributed by atoms with E-state index in [1.54, 1.807) is 30.6 Å². The fourth-order valence-corrected chi connectivity index (χ4v) is 4.33. The smallest absolute Gasteiger partial charge is 0.294 e. The summed E-state index contributed by atoms with van der Waals surface area (Å²) in [6, 6.07) is 14.0. The molecule has 0 radical (unpaired) electrons. The third kappa shape index (κ3) is 5.16. The first-order valence-electron chi connectivity index (χ1n) is 11.5. The first-order valence-corrected chi connectivity index (χ1v) is 11.5. The number of hydrogen-bond acceptors (Lipinski definition) is 4. The van der Waals surface area contributed by atoms with Gasteiger partial charge in [-0.15, -0.1) is 0 Å². The highest BCUT2D eigenvalue weighted by Gasteiger charge is 2.36. The minimum Gasteiger partial charge on any atom is -0.459 e. The van der Waals surface area contributed by atoms with Gasteiger partial charge in [0.05, 0.1) is 6.26 Å². The Labute approximate surface area is 195 Å². The third-order valence-electron chi connectivity index (χ3n) is 6.17. The summed E-state index contributed by atoms with van der Waals surface area (Å²) in [6.07, 6.45) is 8.89. The zero-order chi connectivity index (χ0) is 23.4. The van der Waals surface area contributed by atoms with E-state index in [9.17, 15) is 9.59 Å². The standard InChI is InChI=1S/C27H31N3O3/c1-27(2,3)20-12-14-22(15-13-20)30(26(32)23-11-7-17-33-23)24(19-8-6-16-28-18-19)25(31)29-21-9-4-5-10-21/h6-8,11-18,21,24H,4-5,9-10H2,1-3H3,(H,29,31)/t24-/m1/s1. The van der Waals surface area contributed by atoms with Crippen LogP contribution in [0.4, 0.5) is 5.69 Å². The molecule has 33 heavy (non-hydrogen) atoms. The number of nitrogens with one attached hydrogen (secondary N) is 1. The summed E-state index contributed by atoms with van der Waals surface area (Å²) in [5, 5.41) is 3.17. The maximum atomic E-state index is 13.7. The third-order valence-corrected chi connectivity index (χ3v) is 6.17. The Morgan fingerprint density at radius 1 is 1.06 bits per heavy atom. The molecule has 1 saturated carbocycles. The Hall–Kier alpha value is -3.41. The molecule has 1 fully saturated rings. The molecule has 0 saturated heterocycles. The maximum absolute atomic E-state index is 13.7. The fraction of sp³-hybridized carbons (Fsp3) is 0.370. The zero-order valence-electron chi connectivity index (χ0n) is 19.5. The van der Waals surface area contributed by atoms with Crippen LogP contribution in [0.15, 0.2) is 71.6 Å². The average Bonchev–Trinajstić information content (AvgIpc) is 3.51. The van der Waals surface area contributed by atoms with Crippen molar-refractivity contribution >= 4 is 17.5 Å². The molecule has 0 unspecified atom stereocenters. The molecule has 6 heteroatoms. The largest absolute Gasteiger partial charge is 0.459 e. The normalized spacial score (nSPS) is 15.2. The summed E-state index contributed by atoms with van der Waals surface area (Å²) in [5.74, 6) is -0.411. The Morgan fingerprint density at radius 3 is 2.36 bits per heavy atom. The molecule has 1 aromatic carbocycles. The molecule has 1 N–H and O–H groups in total. The van der Waals surface area contributed by atoms with Crippen LogP contribution in [0.5, 0.6) is 0 Å². The molecule has 4 rings (SSSR count). The molecule has 172 valence electrons. The van der Waals surface area contributed by atoms with Crippen LogP contribution in [0.1, 0.15) is 74.2 Å². The Balaban J connectivity index is 1.79. The van der Waals surface area contributed by atoms with E-state index in [-0.39, 0.29) is 29.0 Å². The van der Waals surface area contributed by atoms with Crippen molar-refractivity contribution in [2.24, 2.45) is 0 Å². The predicted molar refractivity (Wildman–Crippen MR) is 128 cm³/mol. The first-order chi connectivity index (χ1) is 15.8. The highest BCUT2D eigenvalue weighted by Crippen LogP contribution is 2.32.